The zero-order valence-electron chi connectivity index (χ0n) is 8.82. The number of alkyl halides is 3. The lowest BCUT2D eigenvalue weighted by Crippen LogP contribution is -2.32. The van der Waals surface area contributed by atoms with Crippen LogP contribution in [0.25, 0.3) is 0 Å². The quantitative estimate of drug-likeness (QED) is 0.648. The van der Waals surface area contributed by atoms with Gasteiger partial charge in [-0.2, -0.15) is 13.2 Å². The van der Waals surface area contributed by atoms with Gasteiger partial charge >= 0.3 is 6.18 Å². The Morgan fingerprint density at radius 2 is 1.71 bits per heavy atom. The van der Waals surface area contributed by atoms with Crippen molar-refractivity contribution in [3.63, 3.8) is 0 Å². The van der Waals surface area contributed by atoms with Gasteiger partial charge in [-0.3, -0.25) is 0 Å². The highest BCUT2D eigenvalue weighted by molar-refractivity contribution is 4.58. The predicted octanol–water partition coefficient (Wildman–Crippen LogP) is 1.87. The first-order chi connectivity index (χ1) is 6.49. The van der Waals surface area contributed by atoms with Crippen molar-refractivity contribution in [1.29, 1.82) is 0 Å². The van der Waals surface area contributed by atoms with E-state index in [9.17, 15) is 13.2 Å². The molecule has 0 atom stereocenters. The van der Waals surface area contributed by atoms with Crippen LogP contribution in [0.3, 0.4) is 0 Å². The van der Waals surface area contributed by atoms with Gasteiger partial charge in [0, 0.05) is 0 Å². The summed E-state index contributed by atoms with van der Waals surface area (Å²) in [4.78, 5) is 2.19. The molecule has 0 aliphatic carbocycles. The number of hydrogen-bond acceptors (Lipinski definition) is 2. The second-order valence-electron chi connectivity index (χ2n) is 3.17. The maximum atomic E-state index is 11.7. The molecule has 1 N–H and O–H groups in total. The van der Waals surface area contributed by atoms with Crippen molar-refractivity contribution < 1.29 is 13.2 Å². The lowest BCUT2D eigenvalue weighted by Gasteiger charge is -2.17. The van der Waals surface area contributed by atoms with Crippen molar-refractivity contribution in [2.24, 2.45) is 0 Å². The fourth-order valence-electron chi connectivity index (χ4n) is 1.20. The molecule has 0 rings (SSSR count). The molecule has 2 nitrogen and oxygen atoms in total. The molecule has 0 radical (unpaired) electrons. The fraction of sp³-hybridized carbons (Fsp3) is 1.00. The van der Waals surface area contributed by atoms with Crippen LogP contribution in [0.2, 0.25) is 0 Å². The van der Waals surface area contributed by atoms with E-state index in [1.54, 1.807) is 0 Å². The second kappa shape index (κ2) is 7.06. The Bertz CT molecular complexity index is 133. The molecule has 0 saturated carbocycles. The van der Waals surface area contributed by atoms with Crippen LogP contribution in [-0.4, -0.2) is 43.8 Å². The van der Waals surface area contributed by atoms with E-state index in [-0.39, 0.29) is 0 Å². The molecule has 0 bridgehead atoms. The Labute approximate surface area is 83.5 Å². The Balaban J connectivity index is 3.29. The highest BCUT2D eigenvalue weighted by Crippen LogP contribution is 2.11. The first-order valence-electron chi connectivity index (χ1n) is 4.99. The molecule has 0 fully saturated rings. The van der Waals surface area contributed by atoms with Crippen LogP contribution in [0, 0.1) is 0 Å². The highest BCUT2D eigenvalue weighted by atomic mass is 19.4. The summed E-state index contributed by atoms with van der Waals surface area (Å²) in [6, 6.07) is 0. The average Bonchev–Trinajstić information content (AvgIpc) is 2.09. The van der Waals surface area contributed by atoms with Crippen LogP contribution in [0.4, 0.5) is 13.2 Å². The van der Waals surface area contributed by atoms with Gasteiger partial charge in [0.15, 0.2) is 0 Å². The maximum absolute atomic E-state index is 11.7. The third kappa shape index (κ3) is 8.31. The van der Waals surface area contributed by atoms with Crippen molar-refractivity contribution in [1.82, 2.24) is 10.2 Å². The van der Waals surface area contributed by atoms with E-state index in [2.05, 4.69) is 10.2 Å². The molecular formula is C9H19F3N2. The van der Waals surface area contributed by atoms with Crippen LogP contribution in [0.1, 0.15) is 20.3 Å². The molecule has 0 amide bonds. The van der Waals surface area contributed by atoms with E-state index in [0.717, 1.165) is 26.1 Å². The normalized spacial score (nSPS) is 12.4. The topological polar surface area (TPSA) is 15.3 Å². The van der Waals surface area contributed by atoms with Gasteiger partial charge in [0.1, 0.15) is 0 Å². The molecule has 86 valence electrons. The number of halogens is 3. The minimum atomic E-state index is -4.09. The largest absolute Gasteiger partial charge is 0.401 e. The van der Waals surface area contributed by atoms with E-state index < -0.39 is 12.7 Å². The van der Waals surface area contributed by atoms with E-state index in [4.69, 9.17) is 0 Å². The number of hydrogen-bond donors (Lipinski definition) is 1. The van der Waals surface area contributed by atoms with Crippen LogP contribution in [-0.2, 0) is 0 Å². The Morgan fingerprint density at radius 3 is 2.14 bits per heavy atom. The SMILES string of the molecule is CCN(CC)CCCNCC(F)(F)F. The summed E-state index contributed by atoms with van der Waals surface area (Å²) < 4.78 is 35.1. The second-order valence-corrected chi connectivity index (χ2v) is 3.17. The Morgan fingerprint density at radius 1 is 1.14 bits per heavy atom. The molecule has 0 aromatic rings. The summed E-state index contributed by atoms with van der Waals surface area (Å²) in [5.41, 5.74) is 0. The van der Waals surface area contributed by atoms with Gasteiger partial charge in [0.2, 0.25) is 0 Å². The zero-order valence-corrected chi connectivity index (χ0v) is 8.82. The van der Waals surface area contributed by atoms with Gasteiger partial charge in [-0.25, -0.2) is 0 Å². The van der Waals surface area contributed by atoms with E-state index >= 15 is 0 Å². The molecule has 0 unspecified atom stereocenters. The van der Waals surface area contributed by atoms with E-state index in [1.807, 2.05) is 13.8 Å². The summed E-state index contributed by atoms with van der Waals surface area (Å²) in [5, 5.41) is 2.38. The van der Waals surface area contributed by atoms with Crippen LogP contribution >= 0.6 is 0 Å². The smallest absolute Gasteiger partial charge is 0.309 e. The summed E-state index contributed by atoms with van der Waals surface area (Å²) in [7, 11) is 0. The van der Waals surface area contributed by atoms with Gasteiger partial charge in [0.25, 0.3) is 0 Å². The van der Waals surface area contributed by atoms with E-state index in [1.165, 1.54) is 0 Å². The standard InChI is InChI=1S/C9H19F3N2/c1-3-14(4-2)7-5-6-13-8-9(10,11)12/h13H,3-8H2,1-2H3. The molecular weight excluding hydrogens is 193 g/mol. The van der Waals surface area contributed by atoms with Crippen molar-refractivity contribution >= 4 is 0 Å². The van der Waals surface area contributed by atoms with Crippen molar-refractivity contribution in [2.45, 2.75) is 26.4 Å². The van der Waals surface area contributed by atoms with Crippen molar-refractivity contribution in [3.05, 3.63) is 0 Å². The van der Waals surface area contributed by atoms with Crippen molar-refractivity contribution in [2.75, 3.05) is 32.7 Å². The number of nitrogens with one attached hydrogen (secondary N) is 1. The monoisotopic (exact) mass is 212 g/mol. The zero-order chi connectivity index (χ0) is 11.0. The molecule has 0 aliphatic heterocycles. The molecule has 5 heteroatoms. The highest BCUT2D eigenvalue weighted by Gasteiger charge is 2.25. The van der Waals surface area contributed by atoms with Gasteiger partial charge in [-0.05, 0) is 32.6 Å². The van der Waals surface area contributed by atoms with Gasteiger partial charge < -0.3 is 10.2 Å². The van der Waals surface area contributed by atoms with Gasteiger partial charge in [0.05, 0.1) is 6.54 Å². The lowest BCUT2D eigenvalue weighted by atomic mass is 10.3. The van der Waals surface area contributed by atoms with Crippen molar-refractivity contribution in [3.8, 4) is 0 Å². The average molecular weight is 212 g/mol. The summed E-state index contributed by atoms with van der Waals surface area (Å²) in [6.45, 7) is 6.41. The summed E-state index contributed by atoms with van der Waals surface area (Å²) >= 11 is 0. The lowest BCUT2D eigenvalue weighted by molar-refractivity contribution is -0.124. The molecule has 0 saturated heterocycles. The predicted molar refractivity (Wildman–Crippen MR) is 51.3 cm³/mol. The molecule has 0 aromatic heterocycles. The van der Waals surface area contributed by atoms with E-state index in [0.29, 0.717) is 6.54 Å². The van der Waals surface area contributed by atoms with Crippen LogP contribution in [0.5, 0.6) is 0 Å². The third-order valence-electron chi connectivity index (χ3n) is 2.05. The number of nitrogens with zero attached hydrogens (tertiary/aromatic N) is 1. The third-order valence-corrected chi connectivity index (χ3v) is 2.05. The molecule has 0 aromatic carbocycles. The van der Waals surface area contributed by atoms with Gasteiger partial charge in [-0.1, -0.05) is 13.8 Å². The summed E-state index contributed by atoms with van der Waals surface area (Å²) in [5.74, 6) is 0. The minimum absolute atomic E-state index is 0.427. The Hall–Kier alpha value is -0.290. The first kappa shape index (κ1) is 13.7. The maximum Gasteiger partial charge on any atom is 0.401 e. The fourth-order valence-corrected chi connectivity index (χ4v) is 1.20. The molecule has 0 spiro atoms. The Kier molecular flexibility index (Phi) is 6.92. The summed E-state index contributed by atoms with van der Waals surface area (Å²) in [6.07, 6.45) is -3.33. The van der Waals surface area contributed by atoms with Crippen LogP contribution < -0.4 is 5.32 Å². The van der Waals surface area contributed by atoms with Crippen LogP contribution in [0.15, 0.2) is 0 Å². The molecule has 0 aliphatic rings. The van der Waals surface area contributed by atoms with Gasteiger partial charge in [-0.15, -0.1) is 0 Å². The molecule has 0 heterocycles. The first-order valence-corrected chi connectivity index (χ1v) is 4.99. The minimum Gasteiger partial charge on any atom is -0.309 e. The number of rotatable bonds is 7. The molecule has 14 heavy (non-hydrogen) atoms.